The number of carbonyl (C=O) groups is 1. The number of alkyl halides is 2. The lowest BCUT2D eigenvalue weighted by molar-refractivity contribution is -0.169. The molecule has 26 heavy (non-hydrogen) atoms. The lowest BCUT2D eigenvalue weighted by Gasteiger charge is -2.40. The van der Waals surface area contributed by atoms with Crippen molar-refractivity contribution >= 4 is 5.91 Å². The van der Waals surface area contributed by atoms with Gasteiger partial charge in [0.2, 0.25) is 5.91 Å². The first-order valence-corrected chi connectivity index (χ1v) is 10.2. The number of halogens is 2. The second kappa shape index (κ2) is 5.53. The summed E-state index contributed by atoms with van der Waals surface area (Å²) in [5.74, 6) is -3.16. The molecule has 0 aromatic heterocycles. The summed E-state index contributed by atoms with van der Waals surface area (Å²) in [5, 5.41) is 0. The van der Waals surface area contributed by atoms with Crippen LogP contribution in [0.2, 0.25) is 0 Å². The van der Waals surface area contributed by atoms with Gasteiger partial charge in [0.25, 0.3) is 5.92 Å². The maximum absolute atomic E-state index is 14.9. The van der Waals surface area contributed by atoms with Gasteiger partial charge in [0.15, 0.2) is 0 Å². The molecule has 4 bridgehead atoms. The minimum Gasteiger partial charge on any atom is -0.342 e. The maximum atomic E-state index is 14.9. The quantitative estimate of drug-likeness (QED) is 0.755. The van der Waals surface area contributed by atoms with Gasteiger partial charge in [0.1, 0.15) is 5.41 Å². The van der Waals surface area contributed by atoms with E-state index in [9.17, 15) is 13.6 Å². The lowest BCUT2D eigenvalue weighted by atomic mass is 9.76. The van der Waals surface area contributed by atoms with Crippen LogP contribution in [0.15, 0.2) is 30.3 Å². The van der Waals surface area contributed by atoms with E-state index in [1.54, 1.807) is 11.9 Å². The molecule has 0 saturated heterocycles. The molecule has 5 saturated carbocycles. The van der Waals surface area contributed by atoms with Crippen LogP contribution in [0.5, 0.6) is 0 Å². The van der Waals surface area contributed by atoms with Gasteiger partial charge in [0.05, 0.1) is 0 Å². The molecular weight excluding hydrogens is 332 g/mol. The second-order valence-electron chi connectivity index (χ2n) is 9.05. The molecule has 6 rings (SSSR count). The number of rotatable bonds is 3. The van der Waals surface area contributed by atoms with Gasteiger partial charge in [0, 0.05) is 19.0 Å². The average Bonchev–Trinajstić information content (AvgIpc) is 3.32. The van der Waals surface area contributed by atoms with Crippen LogP contribution in [-0.4, -0.2) is 29.8 Å². The summed E-state index contributed by atoms with van der Waals surface area (Å²) in [5.41, 5.74) is 0.0291. The summed E-state index contributed by atoms with van der Waals surface area (Å²) >= 11 is 0. The summed E-state index contributed by atoms with van der Waals surface area (Å²) in [6, 6.07) is 10.6. The number of carbonyl (C=O) groups excluding carboxylic acids is 1. The smallest absolute Gasteiger partial charge is 0.265 e. The predicted molar refractivity (Wildman–Crippen MR) is 95.9 cm³/mol. The Bertz CT molecular complexity index is 706. The van der Waals surface area contributed by atoms with E-state index >= 15 is 0 Å². The van der Waals surface area contributed by atoms with Crippen LogP contribution in [0.4, 0.5) is 8.78 Å². The minimum atomic E-state index is -2.78. The zero-order valence-corrected chi connectivity index (χ0v) is 15.3. The first-order valence-electron chi connectivity index (χ1n) is 10.2. The molecule has 0 heterocycles. The Morgan fingerprint density at radius 3 is 2.27 bits per heavy atom. The molecular formula is C22H27F2NO. The summed E-state index contributed by atoms with van der Waals surface area (Å²) in [6.07, 6.45) is 5.90. The molecule has 0 N–H and O–H groups in total. The van der Waals surface area contributed by atoms with E-state index in [0.717, 1.165) is 32.1 Å². The molecule has 1 amide bonds. The highest BCUT2D eigenvalue weighted by Gasteiger charge is 2.88. The Morgan fingerprint density at radius 2 is 1.69 bits per heavy atom. The van der Waals surface area contributed by atoms with Gasteiger partial charge in [-0.1, -0.05) is 30.3 Å². The van der Waals surface area contributed by atoms with Gasteiger partial charge in [-0.05, 0) is 68.3 Å². The van der Waals surface area contributed by atoms with Crippen LogP contribution < -0.4 is 0 Å². The molecule has 4 unspecified atom stereocenters. The zero-order chi connectivity index (χ0) is 18.1. The standard InChI is InChI=1S/C22H27F2NO/c1-25(17-10-7-15(8-11-17)14-5-3-2-4-6-14)20(26)21-18-12-9-16(13-19(18)21)22(21,23)24/h2-6,15-19H,7-13H2,1H3. The second-order valence-corrected chi connectivity index (χ2v) is 9.05. The van der Waals surface area contributed by atoms with Crippen LogP contribution in [0.3, 0.4) is 0 Å². The molecule has 5 aliphatic rings. The first-order chi connectivity index (χ1) is 12.5. The van der Waals surface area contributed by atoms with Crippen LogP contribution >= 0.6 is 0 Å². The van der Waals surface area contributed by atoms with E-state index in [1.165, 1.54) is 5.56 Å². The highest BCUT2D eigenvalue weighted by atomic mass is 19.3. The molecule has 0 spiro atoms. The molecule has 4 atom stereocenters. The van der Waals surface area contributed by atoms with E-state index in [-0.39, 0.29) is 23.8 Å². The van der Waals surface area contributed by atoms with E-state index < -0.39 is 17.3 Å². The molecule has 0 radical (unpaired) electrons. The van der Waals surface area contributed by atoms with Crippen molar-refractivity contribution < 1.29 is 13.6 Å². The van der Waals surface area contributed by atoms with Crippen LogP contribution in [0.25, 0.3) is 0 Å². The summed E-state index contributed by atoms with van der Waals surface area (Å²) in [4.78, 5) is 14.9. The Balaban J connectivity index is 1.28. The number of nitrogens with zero attached hydrogens (tertiary/aromatic N) is 1. The van der Waals surface area contributed by atoms with Crippen LogP contribution in [0, 0.1) is 23.2 Å². The topological polar surface area (TPSA) is 20.3 Å². The van der Waals surface area contributed by atoms with Gasteiger partial charge in [-0.2, -0.15) is 0 Å². The first kappa shape index (κ1) is 16.7. The summed E-state index contributed by atoms with van der Waals surface area (Å²) in [7, 11) is 1.78. The molecule has 4 heteroatoms. The fourth-order valence-corrected chi connectivity index (χ4v) is 6.72. The third kappa shape index (κ3) is 1.99. The summed E-state index contributed by atoms with van der Waals surface area (Å²) < 4.78 is 29.9. The van der Waals surface area contributed by atoms with E-state index in [2.05, 4.69) is 24.3 Å². The van der Waals surface area contributed by atoms with Crippen molar-refractivity contribution in [1.29, 1.82) is 0 Å². The normalized spacial score (nSPS) is 42.3. The third-order valence-corrected chi connectivity index (χ3v) is 8.16. The lowest BCUT2D eigenvalue weighted by Crippen LogP contribution is -2.52. The van der Waals surface area contributed by atoms with Crippen molar-refractivity contribution in [3.63, 3.8) is 0 Å². The number of fused-ring (bicyclic) bond motifs is 1. The Kier molecular flexibility index (Phi) is 3.55. The van der Waals surface area contributed by atoms with E-state index in [1.807, 2.05) is 6.07 Å². The molecule has 1 aromatic carbocycles. The molecule has 140 valence electrons. The van der Waals surface area contributed by atoms with E-state index in [4.69, 9.17) is 0 Å². The van der Waals surface area contributed by atoms with Crippen molar-refractivity contribution in [2.24, 2.45) is 23.2 Å². The van der Waals surface area contributed by atoms with Crippen molar-refractivity contribution in [2.45, 2.75) is 62.8 Å². The van der Waals surface area contributed by atoms with Gasteiger partial charge in [-0.15, -0.1) is 0 Å². The molecule has 1 aromatic rings. The number of benzene rings is 1. The predicted octanol–water partition coefficient (Wildman–Crippen LogP) is 4.85. The van der Waals surface area contributed by atoms with Gasteiger partial charge >= 0.3 is 0 Å². The molecule has 5 aliphatic carbocycles. The van der Waals surface area contributed by atoms with Crippen LogP contribution in [-0.2, 0) is 4.79 Å². The Labute approximate surface area is 153 Å². The highest BCUT2D eigenvalue weighted by Crippen LogP contribution is 2.81. The minimum absolute atomic E-state index is 0.0492. The zero-order valence-electron chi connectivity index (χ0n) is 15.3. The fraction of sp³-hybridized carbons (Fsp3) is 0.682. The Hall–Kier alpha value is -1.45. The largest absolute Gasteiger partial charge is 0.342 e. The molecule has 5 fully saturated rings. The number of hydrogen-bond donors (Lipinski definition) is 0. The highest BCUT2D eigenvalue weighted by molar-refractivity contribution is 5.89. The number of amides is 1. The van der Waals surface area contributed by atoms with Crippen LogP contribution in [0.1, 0.15) is 56.4 Å². The van der Waals surface area contributed by atoms with Crippen molar-refractivity contribution in [3.8, 4) is 0 Å². The van der Waals surface area contributed by atoms with Gasteiger partial charge in [-0.25, -0.2) is 8.78 Å². The SMILES string of the molecule is CN(C(=O)C12C3CCC(CC31)C2(F)F)C1CCC(c2ccccc2)CC1. The Morgan fingerprint density at radius 1 is 1.00 bits per heavy atom. The third-order valence-electron chi connectivity index (χ3n) is 8.16. The monoisotopic (exact) mass is 359 g/mol. The van der Waals surface area contributed by atoms with Crippen molar-refractivity contribution in [1.82, 2.24) is 4.90 Å². The van der Waals surface area contributed by atoms with Crippen molar-refractivity contribution in [2.75, 3.05) is 7.05 Å². The van der Waals surface area contributed by atoms with E-state index in [0.29, 0.717) is 18.8 Å². The van der Waals surface area contributed by atoms with Gasteiger partial charge in [-0.3, -0.25) is 4.79 Å². The van der Waals surface area contributed by atoms with Crippen molar-refractivity contribution in [3.05, 3.63) is 35.9 Å². The number of hydrogen-bond acceptors (Lipinski definition) is 1. The molecule has 0 aliphatic heterocycles. The van der Waals surface area contributed by atoms with Gasteiger partial charge < -0.3 is 4.90 Å². The maximum Gasteiger partial charge on any atom is 0.265 e. The molecule has 2 nitrogen and oxygen atoms in total. The summed E-state index contributed by atoms with van der Waals surface area (Å²) in [6.45, 7) is 0. The fourth-order valence-electron chi connectivity index (χ4n) is 6.72. The average molecular weight is 359 g/mol.